The van der Waals surface area contributed by atoms with E-state index >= 15 is 0 Å². The lowest BCUT2D eigenvalue weighted by Crippen LogP contribution is -2.08. The monoisotopic (exact) mass is 234 g/mol. The van der Waals surface area contributed by atoms with Gasteiger partial charge in [0.05, 0.1) is 11.4 Å². The Morgan fingerprint density at radius 3 is 2.76 bits per heavy atom. The van der Waals surface area contributed by atoms with E-state index < -0.39 is 0 Å². The van der Waals surface area contributed by atoms with Crippen molar-refractivity contribution in [2.45, 2.75) is 57.4 Å². The van der Waals surface area contributed by atoms with E-state index in [1.807, 2.05) is 0 Å². The van der Waals surface area contributed by atoms with E-state index in [0.29, 0.717) is 5.92 Å². The highest BCUT2D eigenvalue weighted by Crippen LogP contribution is 2.38. The summed E-state index contributed by atoms with van der Waals surface area (Å²) in [6.45, 7) is 2.04. The Morgan fingerprint density at radius 1 is 1.12 bits per heavy atom. The van der Waals surface area contributed by atoms with Crippen LogP contribution >= 0.6 is 0 Å². The molecule has 2 heterocycles. The van der Waals surface area contributed by atoms with Crippen molar-refractivity contribution in [1.29, 1.82) is 0 Å². The molecule has 3 N–H and O–H groups in total. The number of nitrogens with two attached hydrogens (primary N) is 1. The number of fused-ring (bicyclic) bond motifs is 1. The van der Waals surface area contributed by atoms with Crippen molar-refractivity contribution in [2.75, 3.05) is 17.6 Å². The first-order valence-electron chi connectivity index (χ1n) is 6.96. The standard InChI is InChI=1S/C13H22N4/c14-11-12(10-6-2-1-3-7-10)16-17-9-5-4-8-15-13(11)17/h10,15H,1-9,14H2. The van der Waals surface area contributed by atoms with E-state index in [-0.39, 0.29) is 0 Å². The topological polar surface area (TPSA) is 55.9 Å². The number of hydrogen-bond acceptors (Lipinski definition) is 3. The van der Waals surface area contributed by atoms with Crippen molar-refractivity contribution in [3.05, 3.63) is 5.69 Å². The van der Waals surface area contributed by atoms with Crippen LogP contribution in [0.3, 0.4) is 0 Å². The molecule has 1 aliphatic heterocycles. The third-order valence-electron chi connectivity index (χ3n) is 4.10. The highest BCUT2D eigenvalue weighted by atomic mass is 15.3. The lowest BCUT2D eigenvalue weighted by atomic mass is 9.86. The molecule has 1 saturated carbocycles. The number of rotatable bonds is 1. The molecule has 1 aromatic heterocycles. The van der Waals surface area contributed by atoms with Crippen LogP contribution in [0.2, 0.25) is 0 Å². The second kappa shape index (κ2) is 4.59. The van der Waals surface area contributed by atoms with Crippen molar-refractivity contribution in [1.82, 2.24) is 9.78 Å². The van der Waals surface area contributed by atoms with Crippen LogP contribution in [0.25, 0.3) is 0 Å². The van der Waals surface area contributed by atoms with E-state index in [4.69, 9.17) is 10.8 Å². The largest absolute Gasteiger partial charge is 0.394 e. The zero-order valence-corrected chi connectivity index (χ0v) is 10.4. The number of anilines is 2. The lowest BCUT2D eigenvalue weighted by molar-refractivity contribution is 0.431. The third-order valence-corrected chi connectivity index (χ3v) is 4.10. The van der Waals surface area contributed by atoms with Crippen LogP contribution in [0.1, 0.15) is 56.6 Å². The summed E-state index contributed by atoms with van der Waals surface area (Å²) >= 11 is 0. The van der Waals surface area contributed by atoms with Crippen molar-refractivity contribution in [3.63, 3.8) is 0 Å². The molecular formula is C13H22N4. The van der Waals surface area contributed by atoms with Gasteiger partial charge in [-0.15, -0.1) is 0 Å². The van der Waals surface area contributed by atoms with Gasteiger partial charge in [-0.3, -0.25) is 0 Å². The normalized spacial score (nSPS) is 21.6. The van der Waals surface area contributed by atoms with Crippen molar-refractivity contribution >= 4 is 11.5 Å². The van der Waals surface area contributed by atoms with E-state index in [0.717, 1.165) is 30.3 Å². The number of nitrogen functional groups attached to an aromatic ring is 1. The fourth-order valence-electron chi connectivity index (χ4n) is 3.11. The minimum atomic E-state index is 0.602. The third kappa shape index (κ3) is 2.01. The maximum atomic E-state index is 6.28. The molecule has 1 fully saturated rings. The van der Waals surface area contributed by atoms with Gasteiger partial charge >= 0.3 is 0 Å². The van der Waals surface area contributed by atoms with Crippen molar-refractivity contribution in [3.8, 4) is 0 Å². The molecular weight excluding hydrogens is 212 g/mol. The van der Waals surface area contributed by atoms with Crippen LogP contribution < -0.4 is 11.1 Å². The number of aromatic nitrogens is 2. The van der Waals surface area contributed by atoms with Crippen LogP contribution in [0.4, 0.5) is 11.5 Å². The maximum Gasteiger partial charge on any atom is 0.148 e. The molecule has 1 aromatic rings. The molecule has 17 heavy (non-hydrogen) atoms. The Balaban J connectivity index is 1.89. The highest BCUT2D eigenvalue weighted by Gasteiger charge is 2.24. The van der Waals surface area contributed by atoms with Gasteiger partial charge in [-0.2, -0.15) is 5.10 Å². The minimum Gasteiger partial charge on any atom is -0.394 e. The summed E-state index contributed by atoms with van der Waals surface area (Å²) in [5, 5.41) is 8.19. The van der Waals surface area contributed by atoms with Gasteiger partial charge in [-0.05, 0) is 25.7 Å². The quantitative estimate of drug-likeness (QED) is 0.785. The average molecular weight is 234 g/mol. The van der Waals surface area contributed by atoms with E-state index in [2.05, 4.69) is 10.00 Å². The Labute approximate surface area is 103 Å². The van der Waals surface area contributed by atoms with Crippen LogP contribution in [0, 0.1) is 0 Å². The Bertz CT molecular complexity index is 390. The zero-order valence-electron chi connectivity index (χ0n) is 10.4. The smallest absolute Gasteiger partial charge is 0.148 e. The van der Waals surface area contributed by atoms with Gasteiger partial charge in [0.1, 0.15) is 5.82 Å². The van der Waals surface area contributed by atoms with Crippen LogP contribution in [0.5, 0.6) is 0 Å². The predicted molar refractivity (Wildman–Crippen MR) is 70.2 cm³/mol. The molecule has 0 spiro atoms. The van der Waals surface area contributed by atoms with Crippen LogP contribution in [-0.2, 0) is 6.54 Å². The number of hydrogen-bond donors (Lipinski definition) is 2. The van der Waals surface area contributed by atoms with Gasteiger partial charge < -0.3 is 11.1 Å². The van der Waals surface area contributed by atoms with Gasteiger partial charge in [0, 0.05) is 19.0 Å². The molecule has 2 aliphatic rings. The molecule has 4 heteroatoms. The Hall–Kier alpha value is -1.19. The molecule has 0 aromatic carbocycles. The van der Waals surface area contributed by atoms with Crippen molar-refractivity contribution < 1.29 is 0 Å². The van der Waals surface area contributed by atoms with Crippen molar-refractivity contribution in [2.24, 2.45) is 0 Å². The molecule has 1 aliphatic carbocycles. The lowest BCUT2D eigenvalue weighted by Gasteiger charge is -2.20. The summed E-state index contributed by atoms with van der Waals surface area (Å²) in [6, 6.07) is 0. The minimum absolute atomic E-state index is 0.602. The molecule has 4 nitrogen and oxygen atoms in total. The van der Waals surface area contributed by atoms with E-state index in [9.17, 15) is 0 Å². The summed E-state index contributed by atoms with van der Waals surface area (Å²) < 4.78 is 2.09. The molecule has 0 atom stereocenters. The summed E-state index contributed by atoms with van der Waals surface area (Å²) in [6.07, 6.45) is 8.98. The summed E-state index contributed by atoms with van der Waals surface area (Å²) in [5.41, 5.74) is 8.36. The number of nitrogens with zero attached hydrogens (tertiary/aromatic N) is 2. The SMILES string of the molecule is Nc1c(C2CCCCC2)nn2c1NCCCC2. The fourth-order valence-corrected chi connectivity index (χ4v) is 3.11. The second-order valence-electron chi connectivity index (χ2n) is 5.34. The summed E-state index contributed by atoms with van der Waals surface area (Å²) in [7, 11) is 0. The number of aryl methyl sites for hydroxylation is 1. The first-order valence-corrected chi connectivity index (χ1v) is 6.96. The molecule has 0 bridgehead atoms. The molecule has 0 amide bonds. The molecule has 94 valence electrons. The zero-order chi connectivity index (χ0) is 11.7. The molecule has 0 unspecified atom stereocenters. The average Bonchev–Trinajstić information content (AvgIpc) is 2.56. The predicted octanol–water partition coefficient (Wildman–Crippen LogP) is 2.72. The first kappa shape index (κ1) is 10.9. The highest BCUT2D eigenvalue weighted by molar-refractivity contribution is 5.66. The molecule has 0 saturated heterocycles. The fraction of sp³-hybridized carbons (Fsp3) is 0.769. The van der Waals surface area contributed by atoms with E-state index in [1.54, 1.807) is 0 Å². The molecule has 3 rings (SSSR count). The van der Waals surface area contributed by atoms with Crippen LogP contribution in [0.15, 0.2) is 0 Å². The number of nitrogens with one attached hydrogen (secondary N) is 1. The van der Waals surface area contributed by atoms with Crippen LogP contribution in [-0.4, -0.2) is 16.3 Å². The summed E-state index contributed by atoms with van der Waals surface area (Å²) in [5.74, 6) is 1.67. The Morgan fingerprint density at radius 2 is 1.94 bits per heavy atom. The molecule has 0 radical (unpaired) electrons. The van der Waals surface area contributed by atoms with Gasteiger partial charge in [0.25, 0.3) is 0 Å². The van der Waals surface area contributed by atoms with Gasteiger partial charge in [0.2, 0.25) is 0 Å². The van der Waals surface area contributed by atoms with Gasteiger partial charge in [-0.25, -0.2) is 4.68 Å². The Kier molecular flexibility index (Phi) is 2.95. The van der Waals surface area contributed by atoms with E-state index in [1.165, 1.54) is 44.9 Å². The first-order chi connectivity index (χ1) is 8.36. The second-order valence-corrected chi connectivity index (χ2v) is 5.34. The van der Waals surface area contributed by atoms with Gasteiger partial charge in [-0.1, -0.05) is 19.3 Å². The summed E-state index contributed by atoms with van der Waals surface area (Å²) in [4.78, 5) is 0. The van der Waals surface area contributed by atoms with Gasteiger partial charge in [0.15, 0.2) is 0 Å². The maximum absolute atomic E-state index is 6.28.